The van der Waals surface area contributed by atoms with Crippen LogP contribution in [0.1, 0.15) is 12.1 Å². The summed E-state index contributed by atoms with van der Waals surface area (Å²) in [5.74, 6) is 0.595. The Hall–Kier alpha value is -2.93. The Morgan fingerprint density at radius 1 is 1.23 bits per heavy atom. The van der Waals surface area contributed by atoms with E-state index in [1.54, 1.807) is 12.3 Å². The minimum atomic E-state index is -0.286. The van der Waals surface area contributed by atoms with Crippen molar-refractivity contribution >= 4 is 27.8 Å². The topological polar surface area (TPSA) is 70.0 Å². The van der Waals surface area contributed by atoms with Gasteiger partial charge >= 0.3 is 0 Å². The molecule has 7 heteroatoms. The summed E-state index contributed by atoms with van der Waals surface area (Å²) in [6.45, 7) is 3.39. The molecule has 0 unspecified atom stereocenters. The number of β-amino-alcohol motifs (C(OH)–C–C–N with tert-alkyl or cyclic N) is 1. The van der Waals surface area contributed by atoms with Crippen LogP contribution in [0, 0.1) is 12.7 Å². The Morgan fingerprint density at radius 2 is 2.12 bits per heavy atom. The molecule has 4 aromatic rings. The summed E-state index contributed by atoms with van der Waals surface area (Å²) < 4.78 is 15.8. The zero-order valence-corrected chi connectivity index (χ0v) is 14.3. The number of hydrogen-bond acceptors (Lipinski definition) is 4. The normalized spacial score (nSPS) is 17.7. The minimum absolute atomic E-state index is 0.274. The Labute approximate surface area is 148 Å². The van der Waals surface area contributed by atoms with Gasteiger partial charge in [0.25, 0.3) is 0 Å². The molecule has 0 bridgehead atoms. The van der Waals surface area contributed by atoms with Crippen LogP contribution in [0.25, 0.3) is 27.6 Å². The maximum Gasteiger partial charge on any atom is 0.129 e. The first-order chi connectivity index (χ1) is 12.6. The summed E-state index contributed by atoms with van der Waals surface area (Å²) in [5.41, 5.74) is 4.41. The van der Waals surface area contributed by atoms with Crippen molar-refractivity contribution in [1.82, 2.24) is 19.7 Å². The van der Waals surface area contributed by atoms with Crippen LogP contribution >= 0.6 is 0 Å². The summed E-state index contributed by atoms with van der Waals surface area (Å²) in [5, 5.41) is 17.6. The highest BCUT2D eigenvalue weighted by molar-refractivity contribution is 6.06. The molecule has 1 saturated heterocycles. The van der Waals surface area contributed by atoms with Gasteiger partial charge in [-0.1, -0.05) is 0 Å². The summed E-state index contributed by atoms with van der Waals surface area (Å²) in [6.07, 6.45) is 2.23. The van der Waals surface area contributed by atoms with Crippen molar-refractivity contribution in [3.05, 3.63) is 48.0 Å². The number of halogens is 1. The van der Waals surface area contributed by atoms with Crippen LogP contribution in [0.5, 0.6) is 0 Å². The number of aromatic nitrogens is 4. The summed E-state index contributed by atoms with van der Waals surface area (Å²) in [7, 11) is 0. The predicted molar refractivity (Wildman–Crippen MR) is 98.3 cm³/mol. The number of pyridine rings is 1. The second-order valence-corrected chi connectivity index (χ2v) is 6.79. The molecule has 26 heavy (non-hydrogen) atoms. The maximum atomic E-state index is 13.7. The third kappa shape index (κ3) is 2.20. The van der Waals surface area contributed by atoms with Gasteiger partial charge in [0, 0.05) is 18.5 Å². The van der Waals surface area contributed by atoms with E-state index in [-0.39, 0.29) is 11.9 Å². The lowest BCUT2D eigenvalue weighted by molar-refractivity contribution is 0.198. The smallest absolute Gasteiger partial charge is 0.129 e. The fraction of sp³-hybridized carbons (Fsp3) is 0.263. The lowest BCUT2D eigenvalue weighted by atomic mass is 10.2. The van der Waals surface area contributed by atoms with Gasteiger partial charge in [0.05, 0.1) is 40.2 Å². The zero-order valence-electron chi connectivity index (χ0n) is 14.3. The van der Waals surface area contributed by atoms with Gasteiger partial charge < -0.3 is 14.6 Å². The van der Waals surface area contributed by atoms with Crippen LogP contribution in [0.4, 0.5) is 10.2 Å². The van der Waals surface area contributed by atoms with Crippen molar-refractivity contribution in [2.24, 2.45) is 0 Å². The second-order valence-electron chi connectivity index (χ2n) is 6.79. The maximum absolute atomic E-state index is 13.7. The average Bonchev–Trinajstić information content (AvgIpc) is 3.31. The standard InChI is InChI=1S/C19H18FN5O/c1-11-15(4-5-18(22-11)24-7-6-13(26)10-24)25-16-3-2-12(20)8-14(16)19-17(25)9-21-23-19/h2-5,8-9,13,26H,6-7,10H2,1H3,(H,21,23)/t13-/m0/s1. The third-order valence-corrected chi connectivity index (χ3v) is 5.10. The lowest BCUT2D eigenvalue weighted by Crippen LogP contribution is -2.22. The van der Waals surface area contributed by atoms with Gasteiger partial charge in [0.1, 0.15) is 11.6 Å². The minimum Gasteiger partial charge on any atom is -0.391 e. The number of fused-ring (bicyclic) bond motifs is 3. The van der Waals surface area contributed by atoms with E-state index in [2.05, 4.69) is 19.7 Å². The van der Waals surface area contributed by atoms with E-state index in [1.807, 2.05) is 19.1 Å². The average molecular weight is 351 g/mol. The molecule has 6 nitrogen and oxygen atoms in total. The van der Waals surface area contributed by atoms with Gasteiger partial charge in [-0.3, -0.25) is 5.10 Å². The van der Waals surface area contributed by atoms with Crippen molar-refractivity contribution in [3.8, 4) is 5.69 Å². The molecule has 0 radical (unpaired) electrons. The van der Waals surface area contributed by atoms with Crippen molar-refractivity contribution in [2.75, 3.05) is 18.0 Å². The van der Waals surface area contributed by atoms with E-state index in [4.69, 9.17) is 4.98 Å². The van der Waals surface area contributed by atoms with Gasteiger partial charge in [-0.25, -0.2) is 9.37 Å². The largest absolute Gasteiger partial charge is 0.391 e. The van der Waals surface area contributed by atoms with Gasteiger partial charge in [0.2, 0.25) is 0 Å². The van der Waals surface area contributed by atoms with Crippen molar-refractivity contribution in [2.45, 2.75) is 19.4 Å². The van der Waals surface area contributed by atoms with E-state index >= 15 is 0 Å². The molecule has 1 aromatic carbocycles. The molecular formula is C19H18FN5O. The molecule has 3 aromatic heterocycles. The first-order valence-corrected chi connectivity index (χ1v) is 8.66. The number of aryl methyl sites for hydroxylation is 1. The van der Waals surface area contributed by atoms with Crippen LogP contribution in [-0.2, 0) is 0 Å². The Kier molecular flexibility index (Phi) is 3.27. The number of anilines is 1. The molecule has 0 aliphatic carbocycles. The van der Waals surface area contributed by atoms with Gasteiger partial charge in [-0.05, 0) is 43.7 Å². The molecule has 1 aliphatic heterocycles. The first kappa shape index (κ1) is 15.3. The van der Waals surface area contributed by atoms with Crippen LogP contribution in [0.2, 0.25) is 0 Å². The van der Waals surface area contributed by atoms with Gasteiger partial charge in [0.15, 0.2) is 0 Å². The van der Waals surface area contributed by atoms with Crippen molar-refractivity contribution in [3.63, 3.8) is 0 Å². The molecule has 5 rings (SSSR count). The zero-order chi connectivity index (χ0) is 17.8. The highest BCUT2D eigenvalue weighted by atomic mass is 19.1. The highest BCUT2D eigenvalue weighted by Gasteiger charge is 2.22. The molecular weight excluding hydrogens is 333 g/mol. The molecule has 0 amide bonds. The Morgan fingerprint density at radius 3 is 2.88 bits per heavy atom. The van der Waals surface area contributed by atoms with E-state index in [9.17, 15) is 9.50 Å². The molecule has 0 spiro atoms. The van der Waals surface area contributed by atoms with Crippen LogP contribution in [0.3, 0.4) is 0 Å². The van der Waals surface area contributed by atoms with Crippen molar-refractivity contribution < 1.29 is 9.50 Å². The summed E-state index contributed by atoms with van der Waals surface area (Å²) in [4.78, 5) is 6.85. The van der Waals surface area contributed by atoms with Crippen LogP contribution in [-0.4, -0.2) is 44.0 Å². The predicted octanol–water partition coefficient (Wildman–Crippen LogP) is 2.92. The number of nitrogens with one attached hydrogen (secondary N) is 1. The molecule has 4 heterocycles. The quantitative estimate of drug-likeness (QED) is 0.583. The Balaban J connectivity index is 1.68. The highest BCUT2D eigenvalue weighted by Crippen LogP contribution is 2.32. The molecule has 2 N–H and O–H groups in total. The number of H-pyrrole nitrogens is 1. The van der Waals surface area contributed by atoms with Crippen LogP contribution in [0.15, 0.2) is 36.5 Å². The number of nitrogens with zero attached hydrogens (tertiary/aromatic N) is 4. The first-order valence-electron chi connectivity index (χ1n) is 8.66. The van der Waals surface area contributed by atoms with E-state index < -0.39 is 0 Å². The number of aliphatic hydroxyl groups is 1. The molecule has 1 fully saturated rings. The lowest BCUT2D eigenvalue weighted by Gasteiger charge is -2.18. The van der Waals surface area contributed by atoms with Crippen LogP contribution < -0.4 is 4.90 Å². The number of aliphatic hydroxyl groups excluding tert-OH is 1. The fourth-order valence-corrected chi connectivity index (χ4v) is 3.84. The molecule has 0 saturated carbocycles. The third-order valence-electron chi connectivity index (χ3n) is 5.10. The number of hydrogen-bond donors (Lipinski definition) is 2. The summed E-state index contributed by atoms with van der Waals surface area (Å²) in [6, 6.07) is 8.77. The number of aromatic amines is 1. The van der Waals surface area contributed by atoms with E-state index in [0.29, 0.717) is 6.54 Å². The molecule has 1 aliphatic rings. The fourth-order valence-electron chi connectivity index (χ4n) is 3.84. The molecule has 1 atom stereocenters. The Bertz CT molecular complexity index is 1130. The number of benzene rings is 1. The number of rotatable bonds is 2. The van der Waals surface area contributed by atoms with Crippen molar-refractivity contribution in [1.29, 1.82) is 0 Å². The van der Waals surface area contributed by atoms with E-state index in [1.165, 1.54) is 12.1 Å². The summed E-state index contributed by atoms with van der Waals surface area (Å²) >= 11 is 0. The second kappa shape index (κ2) is 5.54. The monoisotopic (exact) mass is 351 g/mol. The molecule has 132 valence electrons. The van der Waals surface area contributed by atoms with E-state index in [0.717, 1.165) is 52.1 Å². The van der Waals surface area contributed by atoms with Gasteiger partial charge in [-0.2, -0.15) is 5.10 Å². The SMILES string of the molecule is Cc1nc(N2CC[C@H](O)C2)ccc1-n1c2ccc(F)cc2c2[nH]ncc21. The van der Waals surface area contributed by atoms with Gasteiger partial charge in [-0.15, -0.1) is 0 Å².